The minimum Gasteiger partial charge on any atom is -0.467 e. The van der Waals surface area contributed by atoms with E-state index in [1.807, 2.05) is 30.3 Å². The first-order chi connectivity index (χ1) is 14.2. The summed E-state index contributed by atoms with van der Waals surface area (Å²) in [4.78, 5) is 17.7. The first-order valence-electron chi connectivity index (χ1n) is 9.18. The van der Waals surface area contributed by atoms with Crippen molar-refractivity contribution in [3.8, 4) is 5.75 Å². The van der Waals surface area contributed by atoms with Crippen LogP contribution in [0.25, 0.3) is 0 Å². The van der Waals surface area contributed by atoms with Gasteiger partial charge in [0.05, 0.1) is 6.61 Å². The quantitative estimate of drug-likeness (QED) is 0.660. The molecule has 5 nitrogen and oxygen atoms in total. The van der Waals surface area contributed by atoms with Crippen LogP contribution in [0.1, 0.15) is 21.5 Å². The summed E-state index contributed by atoms with van der Waals surface area (Å²) in [6, 6.07) is 16.0. The van der Waals surface area contributed by atoms with Gasteiger partial charge in [-0.05, 0) is 60.5 Å². The molecule has 0 bridgehead atoms. The molecule has 0 radical (unpaired) electrons. The summed E-state index contributed by atoms with van der Waals surface area (Å²) >= 11 is 1.54. The standard InChI is InChI=1S/C22H19FN2O3S/c23-18-11-16(21-17(12-18)13-27-14-28-21)8-10-25-22(26)15-4-6-19(7-5-15)29-20-3-1-2-9-24-20/h1-7,9,11-12H,8,10,13-14H2,(H,25,26). The van der Waals surface area contributed by atoms with E-state index in [4.69, 9.17) is 9.47 Å². The summed E-state index contributed by atoms with van der Waals surface area (Å²) in [6.45, 7) is 0.861. The summed E-state index contributed by atoms with van der Waals surface area (Å²) in [5, 5.41) is 3.77. The maximum Gasteiger partial charge on any atom is 0.251 e. The van der Waals surface area contributed by atoms with Gasteiger partial charge >= 0.3 is 0 Å². The summed E-state index contributed by atoms with van der Waals surface area (Å²) in [7, 11) is 0. The van der Waals surface area contributed by atoms with Gasteiger partial charge in [-0.3, -0.25) is 4.79 Å². The predicted molar refractivity (Wildman–Crippen MR) is 108 cm³/mol. The zero-order valence-corrected chi connectivity index (χ0v) is 16.4. The van der Waals surface area contributed by atoms with Crippen LogP contribution in [-0.4, -0.2) is 24.2 Å². The van der Waals surface area contributed by atoms with Crippen LogP contribution in [0.15, 0.2) is 70.7 Å². The fourth-order valence-electron chi connectivity index (χ4n) is 3.06. The predicted octanol–water partition coefficient (Wildman–Crippen LogP) is 4.21. The third-order valence-electron chi connectivity index (χ3n) is 4.41. The lowest BCUT2D eigenvalue weighted by Gasteiger charge is -2.21. The van der Waals surface area contributed by atoms with Crippen LogP contribution in [0, 0.1) is 5.82 Å². The van der Waals surface area contributed by atoms with Gasteiger partial charge in [-0.15, -0.1) is 0 Å². The number of halogens is 1. The second-order valence-corrected chi connectivity index (χ2v) is 7.56. The van der Waals surface area contributed by atoms with Crippen LogP contribution in [0.4, 0.5) is 4.39 Å². The van der Waals surface area contributed by atoms with Crippen LogP contribution < -0.4 is 10.1 Å². The van der Waals surface area contributed by atoms with Gasteiger partial charge in [0.2, 0.25) is 0 Å². The van der Waals surface area contributed by atoms with Crippen molar-refractivity contribution >= 4 is 17.7 Å². The number of benzene rings is 2. The Bertz CT molecular complexity index is 997. The molecule has 3 aromatic rings. The molecule has 0 aliphatic carbocycles. The lowest BCUT2D eigenvalue weighted by atomic mass is 10.1. The number of hydrogen-bond acceptors (Lipinski definition) is 5. The number of hydrogen-bond donors (Lipinski definition) is 1. The first kappa shape index (κ1) is 19.4. The summed E-state index contributed by atoms with van der Waals surface area (Å²) < 4.78 is 24.5. The van der Waals surface area contributed by atoms with Crippen molar-refractivity contribution < 1.29 is 18.7 Å². The van der Waals surface area contributed by atoms with E-state index < -0.39 is 0 Å². The maximum atomic E-state index is 13.8. The van der Waals surface area contributed by atoms with Crippen LogP contribution in [-0.2, 0) is 17.8 Å². The summed E-state index contributed by atoms with van der Waals surface area (Å²) in [5.74, 6) is 0.150. The highest BCUT2D eigenvalue weighted by Crippen LogP contribution is 2.29. The molecule has 0 atom stereocenters. The number of carbonyl (C=O) groups is 1. The number of pyridine rings is 1. The molecule has 1 aliphatic heterocycles. The molecule has 29 heavy (non-hydrogen) atoms. The number of amides is 1. The lowest BCUT2D eigenvalue weighted by Crippen LogP contribution is -2.26. The Labute approximate surface area is 172 Å². The molecule has 1 aromatic heterocycles. The molecular formula is C22H19FN2O3S. The van der Waals surface area contributed by atoms with Crippen molar-refractivity contribution in [2.45, 2.75) is 22.9 Å². The van der Waals surface area contributed by atoms with E-state index in [9.17, 15) is 9.18 Å². The zero-order chi connectivity index (χ0) is 20.1. The van der Waals surface area contributed by atoms with Gasteiger partial charge in [0, 0.05) is 28.8 Å². The number of nitrogens with one attached hydrogen (secondary N) is 1. The Balaban J connectivity index is 1.34. The molecule has 0 unspecified atom stereocenters. The third kappa shape index (κ3) is 4.93. The van der Waals surface area contributed by atoms with Crippen LogP contribution in [0.5, 0.6) is 5.75 Å². The molecule has 7 heteroatoms. The highest BCUT2D eigenvalue weighted by atomic mass is 32.2. The third-order valence-corrected chi connectivity index (χ3v) is 5.37. The normalized spacial score (nSPS) is 12.7. The molecule has 1 N–H and O–H groups in total. The van der Waals surface area contributed by atoms with Crippen LogP contribution in [0.3, 0.4) is 0 Å². The van der Waals surface area contributed by atoms with Gasteiger partial charge in [0.25, 0.3) is 5.91 Å². The smallest absolute Gasteiger partial charge is 0.251 e. The molecule has 0 fully saturated rings. The van der Waals surface area contributed by atoms with Crippen molar-refractivity contribution in [1.29, 1.82) is 0 Å². The number of ether oxygens (including phenoxy) is 2. The highest BCUT2D eigenvalue weighted by Gasteiger charge is 2.17. The van der Waals surface area contributed by atoms with Crippen molar-refractivity contribution in [3.05, 3.63) is 83.3 Å². The second kappa shape index (κ2) is 9.07. The number of carbonyl (C=O) groups excluding carboxylic acids is 1. The number of aromatic nitrogens is 1. The Morgan fingerprint density at radius 1 is 1.17 bits per heavy atom. The zero-order valence-electron chi connectivity index (χ0n) is 15.6. The van der Waals surface area contributed by atoms with Crippen molar-refractivity contribution in [3.63, 3.8) is 0 Å². The Hall–Kier alpha value is -2.90. The summed E-state index contributed by atoms with van der Waals surface area (Å²) in [5.41, 5.74) is 1.99. The molecule has 1 aliphatic rings. The molecule has 0 saturated heterocycles. The molecule has 0 saturated carbocycles. The maximum absolute atomic E-state index is 13.8. The molecular weight excluding hydrogens is 391 g/mol. The van der Waals surface area contributed by atoms with Gasteiger partial charge in [0.1, 0.15) is 16.6 Å². The number of rotatable bonds is 6. The fraction of sp³-hybridized carbons (Fsp3) is 0.182. The second-order valence-electron chi connectivity index (χ2n) is 6.46. The van der Waals surface area contributed by atoms with E-state index >= 15 is 0 Å². The van der Waals surface area contributed by atoms with Crippen LogP contribution >= 0.6 is 11.8 Å². The van der Waals surface area contributed by atoms with Gasteiger partial charge in [0.15, 0.2) is 6.79 Å². The number of fused-ring (bicyclic) bond motifs is 1. The molecule has 148 valence electrons. The van der Waals surface area contributed by atoms with Crippen molar-refractivity contribution in [2.75, 3.05) is 13.3 Å². The van der Waals surface area contributed by atoms with Crippen molar-refractivity contribution in [1.82, 2.24) is 10.3 Å². The SMILES string of the molecule is O=C(NCCc1cc(F)cc2c1OCOC2)c1ccc(Sc2ccccn2)cc1. The van der Waals surface area contributed by atoms with E-state index in [0.717, 1.165) is 15.5 Å². The largest absolute Gasteiger partial charge is 0.467 e. The first-order valence-corrected chi connectivity index (χ1v) is 10.00. The minimum absolute atomic E-state index is 0.154. The molecule has 4 rings (SSSR count). The molecule has 2 aromatic carbocycles. The Morgan fingerprint density at radius 3 is 2.83 bits per heavy atom. The minimum atomic E-state index is -0.333. The van der Waals surface area contributed by atoms with E-state index in [1.165, 1.54) is 23.9 Å². The average molecular weight is 410 g/mol. The monoisotopic (exact) mass is 410 g/mol. The van der Waals surface area contributed by atoms with Gasteiger partial charge < -0.3 is 14.8 Å². The van der Waals surface area contributed by atoms with Crippen LogP contribution in [0.2, 0.25) is 0 Å². The van der Waals surface area contributed by atoms with E-state index in [0.29, 0.717) is 36.4 Å². The summed E-state index contributed by atoms with van der Waals surface area (Å²) in [6.07, 6.45) is 2.22. The topological polar surface area (TPSA) is 60.5 Å². The lowest BCUT2D eigenvalue weighted by molar-refractivity contribution is -0.0172. The Kier molecular flexibility index (Phi) is 6.07. The molecule has 0 spiro atoms. The van der Waals surface area contributed by atoms with Gasteiger partial charge in [-0.2, -0.15) is 0 Å². The number of nitrogens with zero attached hydrogens (tertiary/aromatic N) is 1. The fourth-order valence-corrected chi connectivity index (χ4v) is 3.83. The van der Waals surface area contributed by atoms with Gasteiger partial charge in [-0.1, -0.05) is 17.8 Å². The molecule has 1 amide bonds. The van der Waals surface area contributed by atoms with Crippen molar-refractivity contribution in [2.24, 2.45) is 0 Å². The average Bonchev–Trinajstić information content (AvgIpc) is 2.75. The van der Waals surface area contributed by atoms with E-state index in [1.54, 1.807) is 18.3 Å². The Morgan fingerprint density at radius 2 is 2.03 bits per heavy atom. The molecule has 2 heterocycles. The van der Waals surface area contributed by atoms with Gasteiger partial charge in [-0.25, -0.2) is 9.37 Å². The van der Waals surface area contributed by atoms with E-state index in [-0.39, 0.29) is 18.5 Å². The highest BCUT2D eigenvalue weighted by molar-refractivity contribution is 7.99. The van der Waals surface area contributed by atoms with E-state index in [2.05, 4.69) is 10.3 Å².